The number of aromatic hydroxyl groups is 1. The Morgan fingerprint density at radius 2 is 1.67 bits per heavy atom. The first kappa shape index (κ1) is 12.7. The van der Waals surface area contributed by atoms with Crippen molar-refractivity contribution in [2.45, 2.75) is 13.8 Å². The van der Waals surface area contributed by atoms with E-state index in [-0.39, 0.29) is 5.75 Å². The molecule has 0 radical (unpaired) electrons. The van der Waals surface area contributed by atoms with Gasteiger partial charge in [0, 0.05) is 11.2 Å². The Morgan fingerprint density at radius 3 is 2.33 bits per heavy atom. The molecular formula is C15H14ClNO. The summed E-state index contributed by atoms with van der Waals surface area (Å²) in [4.78, 5) is 4.29. The van der Waals surface area contributed by atoms with Gasteiger partial charge in [-0.1, -0.05) is 23.7 Å². The van der Waals surface area contributed by atoms with Crippen LogP contribution in [0, 0.1) is 13.8 Å². The monoisotopic (exact) mass is 259 g/mol. The molecule has 2 rings (SSSR count). The van der Waals surface area contributed by atoms with Crippen molar-refractivity contribution >= 4 is 23.5 Å². The summed E-state index contributed by atoms with van der Waals surface area (Å²) in [5, 5.41) is 10.5. The number of benzene rings is 2. The molecule has 2 aromatic carbocycles. The van der Waals surface area contributed by atoms with Gasteiger partial charge in [-0.25, -0.2) is 0 Å². The van der Waals surface area contributed by atoms with E-state index < -0.39 is 0 Å². The molecule has 2 nitrogen and oxygen atoms in total. The summed E-state index contributed by atoms with van der Waals surface area (Å²) in [6, 6.07) is 11.0. The largest absolute Gasteiger partial charge is 0.506 e. The zero-order chi connectivity index (χ0) is 13.1. The zero-order valence-electron chi connectivity index (χ0n) is 10.3. The van der Waals surface area contributed by atoms with Crippen LogP contribution in [0.3, 0.4) is 0 Å². The van der Waals surface area contributed by atoms with Crippen LogP contribution in [0.25, 0.3) is 0 Å². The third-order valence-electron chi connectivity index (χ3n) is 2.81. The van der Waals surface area contributed by atoms with Crippen molar-refractivity contribution < 1.29 is 5.11 Å². The van der Waals surface area contributed by atoms with Crippen LogP contribution in [0.1, 0.15) is 16.7 Å². The van der Waals surface area contributed by atoms with Crippen molar-refractivity contribution in [3.8, 4) is 5.75 Å². The van der Waals surface area contributed by atoms with Crippen LogP contribution in [0.2, 0.25) is 5.02 Å². The van der Waals surface area contributed by atoms with Crippen LogP contribution in [0.5, 0.6) is 5.75 Å². The fourth-order valence-corrected chi connectivity index (χ4v) is 1.71. The van der Waals surface area contributed by atoms with Crippen LogP contribution in [-0.4, -0.2) is 11.3 Å². The van der Waals surface area contributed by atoms with Gasteiger partial charge in [0.2, 0.25) is 0 Å². The molecule has 0 unspecified atom stereocenters. The van der Waals surface area contributed by atoms with Crippen molar-refractivity contribution in [2.75, 3.05) is 0 Å². The van der Waals surface area contributed by atoms with E-state index in [0.29, 0.717) is 10.7 Å². The standard InChI is InChI=1S/C15H14ClNO/c1-10-7-14(15(18)8-11(10)2)17-9-12-3-5-13(16)6-4-12/h3-9,18H,1-2H3. The number of phenols is 1. The topological polar surface area (TPSA) is 32.6 Å². The number of hydrogen-bond acceptors (Lipinski definition) is 2. The fourth-order valence-electron chi connectivity index (χ4n) is 1.58. The lowest BCUT2D eigenvalue weighted by molar-refractivity contribution is 0.476. The Labute approximate surface area is 112 Å². The van der Waals surface area contributed by atoms with E-state index in [4.69, 9.17) is 11.6 Å². The van der Waals surface area contributed by atoms with Crippen LogP contribution < -0.4 is 0 Å². The molecule has 0 bridgehead atoms. The first-order valence-electron chi connectivity index (χ1n) is 5.66. The summed E-state index contributed by atoms with van der Waals surface area (Å²) in [5.74, 6) is 0.198. The molecule has 0 atom stereocenters. The van der Waals surface area contributed by atoms with Gasteiger partial charge in [-0.05, 0) is 54.8 Å². The fraction of sp³-hybridized carbons (Fsp3) is 0.133. The molecule has 0 heterocycles. The van der Waals surface area contributed by atoms with Crippen molar-refractivity contribution in [3.05, 3.63) is 58.1 Å². The van der Waals surface area contributed by atoms with Crippen LogP contribution in [0.4, 0.5) is 5.69 Å². The molecule has 0 amide bonds. The van der Waals surface area contributed by atoms with Crippen molar-refractivity contribution in [3.63, 3.8) is 0 Å². The number of aliphatic imine (C=N–C) groups is 1. The molecule has 1 N–H and O–H groups in total. The second-order valence-corrected chi connectivity index (χ2v) is 4.67. The number of rotatable bonds is 2. The molecule has 0 saturated heterocycles. The van der Waals surface area contributed by atoms with E-state index in [1.807, 2.05) is 44.2 Å². The first-order chi connectivity index (χ1) is 8.56. The average molecular weight is 260 g/mol. The number of nitrogens with zero attached hydrogens (tertiary/aromatic N) is 1. The Balaban J connectivity index is 2.28. The lowest BCUT2D eigenvalue weighted by Crippen LogP contribution is -1.82. The van der Waals surface area contributed by atoms with Crippen LogP contribution in [0.15, 0.2) is 41.4 Å². The van der Waals surface area contributed by atoms with Gasteiger partial charge in [0.15, 0.2) is 0 Å². The van der Waals surface area contributed by atoms with E-state index in [1.165, 1.54) is 0 Å². The minimum Gasteiger partial charge on any atom is -0.506 e. The highest BCUT2D eigenvalue weighted by Gasteiger charge is 2.02. The van der Waals surface area contributed by atoms with E-state index in [9.17, 15) is 5.11 Å². The molecule has 92 valence electrons. The lowest BCUT2D eigenvalue weighted by atomic mass is 10.1. The van der Waals surface area contributed by atoms with Crippen molar-refractivity contribution in [1.82, 2.24) is 0 Å². The Bertz CT molecular complexity index is 588. The molecule has 0 aliphatic carbocycles. The molecule has 3 heteroatoms. The number of hydrogen-bond donors (Lipinski definition) is 1. The Morgan fingerprint density at radius 1 is 1.06 bits per heavy atom. The molecule has 18 heavy (non-hydrogen) atoms. The number of phenolic OH excluding ortho intramolecular Hbond substituents is 1. The molecule has 0 aliphatic heterocycles. The number of halogens is 1. The maximum absolute atomic E-state index is 9.80. The first-order valence-corrected chi connectivity index (χ1v) is 6.04. The third kappa shape index (κ3) is 2.90. The predicted octanol–water partition coefficient (Wildman–Crippen LogP) is 4.41. The molecule has 0 saturated carbocycles. The van der Waals surface area contributed by atoms with Gasteiger partial charge in [-0.3, -0.25) is 4.99 Å². The van der Waals surface area contributed by atoms with Crippen LogP contribution in [-0.2, 0) is 0 Å². The third-order valence-corrected chi connectivity index (χ3v) is 3.07. The summed E-state index contributed by atoms with van der Waals surface area (Å²) in [6.45, 7) is 3.96. The Kier molecular flexibility index (Phi) is 3.68. The second-order valence-electron chi connectivity index (χ2n) is 4.23. The van der Waals surface area contributed by atoms with E-state index in [1.54, 1.807) is 12.3 Å². The molecule has 0 aliphatic rings. The highest BCUT2D eigenvalue weighted by atomic mass is 35.5. The highest BCUT2D eigenvalue weighted by molar-refractivity contribution is 6.30. The van der Waals surface area contributed by atoms with Gasteiger partial charge in [-0.2, -0.15) is 0 Å². The predicted molar refractivity (Wildman–Crippen MR) is 76.3 cm³/mol. The second kappa shape index (κ2) is 5.23. The zero-order valence-corrected chi connectivity index (χ0v) is 11.1. The Hall–Kier alpha value is -1.80. The van der Waals surface area contributed by atoms with E-state index >= 15 is 0 Å². The van der Waals surface area contributed by atoms with Crippen molar-refractivity contribution in [2.24, 2.45) is 4.99 Å². The maximum Gasteiger partial charge on any atom is 0.141 e. The smallest absolute Gasteiger partial charge is 0.141 e. The van der Waals surface area contributed by atoms with Crippen molar-refractivity contribution in [1.29, 1.82) is 0 Å². The quantitative estimate of drug-likeness (QED) is 0.796. The molecule has 0 spiro atoms. The summed E-state index contributed by atoms with van der Waals surface area (Å²) in [6.07, 6.45) is 1.71. The highest BCUT2D eigenvalue weighted by Crippen LogP contribution is 2.29. The molecule has 2 aromatic rings. The van der Waals surface area contributed by atoms with Gasteiger partial charge in [0.05, 0.1) is 0 Å². The SMILES string of the molecule is Cc1cc(O)c(N=Cc2ccc(Cl)cc2)cc1C. The summed E-state index contributed by atoms with van der Waals surface area (Å²) in [7, 11) is 0. The van der Waals surface area contributed by atoms with Gasteiger partial charge < -0.3 is 5.11 Å². The normalized spacial score (nSPS) is 11.1. The average Bonchev–Trinajstić information content (AvgIpc) is 2.34. The molecular weight excluding hydrogens is 246 g/mol. The van der Waals surface area contributed by atoms with Gasteiger partial charge in [-0.15, -0.1) is 0 Å². The number of aryl methyl sites for hydroxylation is 2. The minimum atomic E-state index is 0.198. The lowest BCUT2D eigenvalue weighted by Gasteiger charge is -2.04. The molecule has 0 aromatic heterocycles. The summed E-state index contributed by atoms with van der Waals surface area (Å²) < 4.78 is 0. The van der Waals surface area contributed by atoms with E-state index in [0.717, 1.165) is 16.7 Å². The van der Waals surface area contributed by atoms with Gasteiger partial charge in [0.1, 0.15) is 11.4 Å². The van der Waals surface area contributed by atoms with Gasteiger partial charge in [0.25, 0.3) is 0 Å². The van der Waals surface area contributed by atoms with Gasteiger partial charge >= 0.3 is 0 Å². The molecule has 0 fully saturated rings. The van der Waals surface area contributed by atoms with E-state index in [2.05, 4.69) is 4.99 Å². The summed E-state index contributed by atoms with van der Waals surface area (Å²) >= 11 is 5.81. The minimum absolute atomic E-state index is 0.198. The van der Waals surface area contributed by atoms with Crippen LogP contribution >= 0.6 is 11.6 Å². The summed E-state index contributed by atoms with van der Waals surface area (Å²) in [5.41, 5.74) is 3.68. The maximum atomic E-state index is 9.80.